The molecule has 0 radical (unpaired) electrons. The number of aromatic nitrogens is 2. The number of halogens is 1. The summed E-state index contributed by atoms with van der Waals surface area (Å²) >= 11 is 7.56. The Morgan fingerprint density at radius 3 is 2.73 bits per heavy atom. The van der Waals surface area contributed by atoms with E-state index in [2.05, 4.69) is 15.5 Å². The molecule has 0 aliphatic carbocycles. The van der Waals surface area contributed by atoms with E-state index < -0.39 is 0 Å². The van der Waals surface area contributed by atoms with Gasteiger partial charge in [-0.25, -0.2) is 0 Å². The van der Waals surface area contributed by atoms with Crippen LogP contribution in [0.1, 0.15) is 22.2 Å². The predicted molar refractivity (Wildman–Crippen MR) is 88.0 cm³/mol. The molecule has 3 rings (SSSR count). The highest BCUT2D eigenvalue weighted by molar-refractivity contribution is 7.10. The van der Waals surface area contributed by atoms with Crippen LogP contribution in [0.5, 0.6) is 0 Å². The second kappa shape index (κ2) is 6.77. The molecule has 0 aliphatic rings. The van der Waals surface area contributed by atoms with Crippen LogP contribution in [0, 0.1) is 0 Å². The zero-order chi connectivity index (χ0) is 15.4. The SMILES string of the molecule is O=C(Cc1ccn[nH]1)N[C@H](c1ccc(Cl)cc1)c1cccs1. The molecule has 0 spiro atoms. The Morgan fingerprint density at radius 2 is 2.09 bits per heavy atom. The largest absolute Gasteiger partial charge is 0.344 e. The van der Waals surface area contributed by atoms with Crippen LogP contribution in [-0.2, 0) is 11.2 Å². The minimum absolute atomic E-state index is 0.0578. The van der Waals surface area contributed by atoms with Gasteiger partial charge in [0.15, 0.2) is 0 Å². The smallest absolute Gasteiger partial charge is 0.226 e. The molecule has 2 heterocycles. The number of hydrogen-bond donors (Lipinski definition) is 2. The second-order valence-electron chi connectivity index (χ2n) is 4.83. The summed E-state index contributed by atoms with van der Waals surface area (Å²) in [6.45, 7) is 0. The van der Waals surface area contributed by atoms with E-state index in [1.807, 2.05) is 41.8 Å². The van der Waals surface area contributed by atoms with Crippen LogP contribution in [-0.4, -0.2) is 16.1 Å². The van der Waals surface area contributed by atoms with E-state index in [9.17, 15) is 4.79 Å². The third kappa shape index (κ3) is 3.55. The molecule has 2 N–H and O–H groups in total. The van der Waals surface area contributed by atoms with E-state index in [4.69, 9.17) is 11.6 Å². The van der Waals surface area contributed by atoms with Crippen molar-refractivity contribution in [2.24, 2.45) is 0 Å². The molecule has 3 aromatic rings. The average Bonchev–Trinajstić information content (AvgIpc) is 3.19. The monoisotopic (exact) mass is 331 g/mol. The highest BCUT2D eigenvalue weighted by Gasteiger charge is 2.18. The van der Waals surface area contributed by atoms with Gasteiger partial charge >= 0.3 is 0 Å². The van der Waals surface area contributed by atoms with Crippen molar-refractivity contribution in [3.8, 4) is 0 Å². The van der Waals surface area contributed by atoms with E-state index >= 15 is 0 Å². The topological polar surface area (TPSA) is 57.8 Å². The lowest BCUT2D eigenvalue weighted by Gasteiger charge is -2.18. The van der Waals surface area contributed by atoms with Crippen molar-refractivity contribution in [1.29, 1.82) is 0 Å². The summed E-state index contributed by atoms with van der Waals surface area (Å²) in [6, 6.07) is 13.1. The first-order valence-corrected chi connectivity index (χ1v) is 8.04. The number of thiophene rings is 1. The van der Waals surface area contributed by atoms with Crippen molar-refractivity contribution in [3.63, 3.8) is 0 Å². The van der Waals surface area contributed by atoms with Crippen molar-refractivity contribution in [3.05, 3.63) is 75.2 Å². The first-order valence-electron chi connectivity index (χ1n) is 6.79. The van der Waals surface area contributed by atoms with Crippen molar-refractivity contribution >= 4 is 28.8 Å². The summed E-state index contributed by atoms with van der Waals surface area (Å²) in [5, 5.41) is 12.4. The summed E-state index contributed by atoms with van der Waals surface area (Å²) in [4.78, 5) is 13.4. The van der Waals surface area contributed by atoms with Crippen molar-refractivity contribution < 1.29 is 4.79 Å². The second-order valence-corrected chi connectivity index (χ2v) is 6.24. The van der Waals surface area contributed by atoms with Gasteiger partial charge in [0.25, 0.3) is 0 Å². The Balaban J connectivity index is 1.80. The fraction of sp³-hybridized carbons (Fsp3) is 0.125. The van der Waals surface area contributed by atoms with Crippen LogP contribution in [0.15, 0.2) is 54.0 Å². The van der Waals surface area contributed by atoms with Gasteiger partial charge in [-0.3, -0.25) is 9.89 Å². The van der Waals surface area contributed by atoms with Gasteiger partial charge in [-0.2, -0.15) is 5.10 Å². The van der Waals surface area contributed by atoms with E-state index in [0.29, 0.717) is 5.02 Å². The summed E-state index contributed by atoms with van der Waals surface area (Å²) in [5.74, 6) is -0.0578. The standard InChI is InChI=1S/C16H14ClN3OS/c17-12-5-3-11(4-6-12)16(14-2-1-9-22-14)19-15(21)10-13-7-8-18-20-13/h1-9,16H,10H2,(H,18,20)(H,19,21)/t16-/m1/s1. The zero-order valence-electron chi connectivity index (χ0n) is 11.6. The van der Waals surface area contributed by atoms with Gasteiger partial charge in [-0.1, -0.05) is 29.8 Å². The van der Waals surface area contributed by atoms with Gasteiger partial charge in [0, 0.05) is 21.8 Å². The Hall–Kier alpha value is -2.11. The van der Waals surface area contributed by atoms with Crippen LogP contribution in [0.3, 0.4) is 0 Å². The molecular formula is C16H14ClN3OS. The van der Waals surface area contributed by atoms with Crippen LogP contribution < -0.4 is 5.32 Å². The number of nitrogens with one attached hydrogen (secondary N) is 2. The maximum Gasteiger partial charge on any atom is 0.226 e. The fourth-order valence-electron chi connectivity index (χ4n) is 2.20. The molecule has 112 valence electrons. The molecule has 0 saturated carbocycles. The number of carbonyl (C=O) groups is 1. The minimum atomic E-state index is -0.173. The summed E-state index contributed by atoms with van der Waals surface area (Å²) in [5.41, 5.74) is 1.79. The Bertz CT molecular complexity index is 723. The Morgan fingerprint density at radius 1 is 1.27 bits per heavy atom. The molecule has 0 fully saturated rings. The van der Waals surface area contributed by atoms with Crippen molar-refractivity contribution in [2.75, 3.05) is 0 Å². The quantitative estimate of drug-likeness (QED) is 0.751. The molecule has 6 heteroatoms. The Kier molecular flexibility index (Phi) is 4.56. The zero-order valence-corrected chi connectivity index (χ0v) is 13.2. The molecule has 22 heavy (non-hydrogen) atoms. The predicted octanol–water partition coefficient (Wildman–Crippen LogP) is 3.57. The van der Waals surface area contributed by atoms with Crippen LogP contribution in [0.2, 0.25) is 5.02 Å². The van der Waals surface area contributed by atoms with Crippen molar-refractivity contribution in [1.82, 2.24) is 15.5 Å². The number of hydrogen-bond acceptors (Lipinski definition) is 3. The third-order valence-corrected chi connectivity index (χ3v) is 4.43. The molecule has 0 bridgehead atoms. The lowest BCUT2D eigenvalue weighted by Crippen LogP contribution is -2.30. The number of H-pyrrole nitrogens is 1. The van der Waals surface area contributed by atoms with Gasteiger partial charge in [0.05, 0.1) is 12.5 Å². The highest BCUT2D eigenvalue weighted by atomic mass is 35.5. The average molecular weight is 332 g/mol. The lowest BCUT2D eigenvalue weighted by atomic mass is 10.1. The van der Waals surface area contributed by atoms with E-state index in [-0.39, 0.29) is 18.4 Å². The molecule has 4 nitrogen and oxygen atoms in total. The molecule has 0 unspecified atom stereocenters. The molecular weight excluding hydrogens is 318 g/mol. The van der Waals surface area contributed by atoms with E-state index in [0.717, 1.165) is 16.1 Å². The molecule has 0 saturated heterocycles. The number of benzene rings is 1. The molecule has 2 aromatic heterocycles. The molecule has 1 atom stereocenters. The first kappa shape index (κ1) is 14.8. The van der Waals surface area contributed by atoms with Gasteiger partial charge < -0.3 is 5.32 Å². The molecule has 1 amide bonds. The minimum Gasteiger partial charge on any atom is -0.344 e. The van der Waals surface area contributed by atoms with Crippen LogP contribution in [0.25, 0.3) is 0 Å². The number of nitrogens with zero attached hydrogens (tertiary/aromatic N) is 1. The molecule has 0 aliphatic heterocycles. The van der Waals surface area contributed by atoms with Crippen LogP contribution >= 0.6 is 22.9 Å². The van der Waals surface area contributed by atoms with E-state index in [1.165, 1.54) is 0 Å². The number of amides is 1. The summed E-state index contributed by atoms with van der Waals surface area (Å²) in [6.07, 6.45) is 1.91. The normalized spacial score (nSPS) is 12.0. The maximum absolute atomic E-state index is 12.3. The fourth-order valence-corrected chi connectivity index (χ4v) is 3.13. The number of aromatic amines is 1. The third-order valence-electron chi connectivity index (χ3n) is 3.25. The van der Waals surface area contributed by atoms with Gasteiger partial charge in [-0.15, -0.1) is 11.3 Å². The van der Waals surface area contributed by atoms with E-state index in [1.54, 1.807) is 23.6 Å². The van der Waals surface area contributed by atoms with Gasteiger partial charge in [0.2, 0.25) is 5.91 Å². The van der Waals surface area contributed by atoms with Gasteiger partial charge in [-0.05, 0) is 35.2 Å². The number of rotatable bonds is 5. The lowest BCUT2D eigenvalue weighted by molar-refractivity contribution is -0.121. The van der Waals surface area contributed by atoms with Crippen LogP contribution in [0.4, 0.5) is 0 Å². The highest BCUT2D eigenvalue weighted by Crippen LogP contribution is 2.27. The van der Waals surface area contributed by atoms with Crippen molar-refractivity contribution in [2.45, 2.75) is 12.5 Å². The summed E-state index contributed by atoms with van der Waals surface area (Å²) in [7, 11) is 0. The van der Waals surface area contributed by atoms with Gasteiger partial charge in [0.1, 0.15) is 0 Å². The molecule has 1 aromatic carbocycles. The maximum atomic E-state index is 12.3. The Labute approximate surface area is 137 Å². The first-order chi connectivity index (χ1) is 10.7. The summed E-state index contributed by atoms with van der Waals surface area (Å²) < 4.78 is 0. The number of carbonyl (C=O) groups excluding carboxylic acids is 1.